The third kappa shape index (κ3) is 3.90. The van der Waals surface area contributed by atoms with Gasteiger partial charge in [-0.05, 0) is 43.4 Å². The second kappa shape index (κ2) is 7.59. The van der Waals surface area contributed by atoms with Gasteiger partial charge in [-0.1, -0.05) is 39.3 Å². The van der Waals surface area contributed by atoms with Gasteiger partial charge in [0, 0.05) is 23.8 Å². The van der Waals surface area contributed by atoms with Crippen LogP contribution in [0.3, 0.4) is 0 Å². The molecule has 1 amide bonds. The standard InChI is InChI=1S/C22H33NO3/c1-14(2)21(24)23-22(4)13-20(16-7-6-8-17(12-16)25-5)26-19-11-15(3)9-10-18(19)22/h6-8,12,14-15,18-20H,9-11,13H2,1-5H3,(H,23,24)/t15-,18-,19-,20-,22+/m1/s1. The molecule has 2 aliphatic rings. The number of ether oxygens (including phenoxy) is 2. The minimum absolute atomic E-state index is 0.00842. The van der Waals surface area contributed by atoms with E-state index < -0.39 is 0 Å². The number of methoxy groups -OCH3 is 1. The van der Waals surface area contributed by atoms with Gasteiger partial charge in [-0.3, -0.25) is 4.79 Å². The van der Waals surface area contributed by atoms with Crippen LogP contribution in [0.4, 0.5) is 0 Å². The van der Waals surface area contributed by atoms with Crippen LogP contribution in [-0.2, 0) is 9.53 Å². The lowest BCUT2D eigenvalue weighted by Crippen LogP contribution is -2.61. The molecule has 1 heterocycles. The Balaban J connectivity index is 1.89. The summed E-state index contributed by atoms with van der Waals surface area (Å²) in [7, 11) is 1.69. The van der Waals surface area contributed by atoms with E-state index >= 15 is 0 Å². The van der Waals surface area contributed by atoms with E-state index in [9.17, 15) is 4.79 Å². The topological polar surface area (TPSA) is 47.6 Å². The molecule has 1 N–H and O–H groups in total. The van der Waals surface area contributed by atoms with E-state index in [1.807, 2.05) is 26.0 Å². The first-order chi connectivity index (χ1) is 12.3. The Morgan fingerprint density at radius 2 is 2.12 bits per heavy atom. The van der Waals surface area contributed by atoms with E-state index in [0.29, 0.717) is 11.8 Å². The van der Waals surface area contributed by atoms with Crippen molar-refractivity contribution >= 4 is 5.91 Å². The zero-order chi connectivity index (χ0) is 18.9. The fourth-order valence-corrected chi connectivity index (χ4v) is 4.61. The van der Waals surface area contributed by atoms with Crippen molar-refractivity contribution < 1.29 is 14.3 Å². The molecule has 0 spiro atoms. The maximum atomic E-state index is 12.5. The lowest BCUT2D eigenvalue weighted by atomic mass is 9.66. The van der Waals surface area contributed by atoms with Crippen LogP contribution in [0.5, 0.6) is 5.75 Å². The molecule has 4 nitrogen and oxygen atoms in total. The summed E-state index contributed by atoms with van der Waals surface area (Å²) in [6.07, 6.45) is 4.37. The number of rotatable bonds is 4. The minimum atomic E-state index is -0.238. The molecular weight excluding hydrogens is 326 g/mol. The molecule has 3 rings (SSSR count). The zero-order valence-electron chi connectivity index (χ0n) is 16.7. The number of carbonyl (C=O) groups excluding carboxylic acids is 1. The molecule has 1 aromatic rings. The number of nitrogens with one attached hydrogen (secondary N) is 1. The van der Waals surface area contributed by atoms with Gasteiger partial charge in [0.1, 0.15) is 5.75 Å². The first kappa shape index (κ1) is 19.2. The van der Waals surface area contributed by atoms with Gasteiger partial charge in [-0.15, -0.1) is 0 Å². The molecule has 0 aromatic heterocycles. The zero-order valence-corrected chi connectivity index (χ0v) is 16.7. The average Bonchev–Trinajstić information content (AvgIpc) is 2.60. The second-order valence-electron chi connectivity index (χ2n) is 8.73. The van der Waals surface area contributed by atoms with Crippen molar-refractivity contribution in [3.63, 3.8) is 0 Å². The van der Waals surface area contributed by atoms with Crippen molar-refractivity contribution in [1.82, 2.24) is 5.32 Å². The maximum absolute atomic E-state index is 12.5. The van der Waals surface area contributed by atoms with E-state index in [2.05, 4.69) is 31.3 Å². The maximum Gasteiger partial charge on any atom is 0.222 e. The number of benzene rings is 1. The number of fused-ring (bicyclic) bond motifs is 1. The Morgan fingerprint density at radius 3 is 2.81 bits per heavy atom. The molecule has 0 bridgehead atoms. The lowest BCUT2D eigenvalue weighted by molar-refractivity contribution is -0.155. The first-order valence-corrected chi connectivity index (χ1v) is 9.94. The fraction of sp³-hybridized carbons (Fsp3) is 0.682. The average molecular weight is 360 g/mol. The number of hydrogen-bond donors (Lipinski definition) is 1. The Hall–Kier alpha value is -1.55. The van der Waals surface area contributed by atoms with Crippen molar-refractivity contribution in [3.8, 4) is 5.75 Å². The predicted octanol–water partition coefficient (Wildman–Crippen LogP) is 4.49. The highest BCUT2D eigenvalue weighted by atomic mass is 16.5. The van der Waals surface area contributed by atoms with Gasteiger partial charge in [0.15, 0.2) is 0 Å². The van der Waals surface area contributed by atoms with E-state index in [1.54, 1.807) is 7.11 Å². The smallest absolute Gasteiger partial charge is 0.222 e. The third-order valence-electron chi connectivity index (χ3n) is 6.22. The minimum Gasteiger partial charge on any atom is -0.497 e. The summed E-state index contributed by atoms with van der Waals surface area (Å²) in [6, 6.07) is 8.13. The first-order valence-electron chi connectivity index (χ1n) is 9.94. The molecule has 1 aliphatic carbocycles. The number of amides is 1. The van der Waals surface area contributed by atoms with Gasteiger partial charge in [0.05, 0.1) is 19.3 Å². The van der Waals surface area contributed by atoms with E-state index in [1.165, 1.54) is 6.42 Å². The summed E-state index contributed by atoms with van der Waals surface area (Å²) < 4.78 is 12.0. The molecule has 0 unspecified atom stereocenters. The second-order valence-corrected chi connectivity index (χ2v) is 8.73. The van der Waals surface area contributed by atoms with Crippen LogP contribution in [0.25, 0.3) is 0 Å². The van der Waals surface area contributed by atoms with E-state index in [4.69, 9.17) is 9.47 Å². The molecule has 2 fully saturated rings. The fourth-order valence-electron chi connectivity index (χ4n) is 4.61. The molecule has 26 heavy (non-hydrogen) atoms. The molecule has 144 valence electrons. The highest BCUT2D eigenvalue weighted by molar-refractivity contribution is 5.78. The van der Waals surface area contributed by atoms with Crippen LogP contribution in [-0.4, -0.2) is 24.7 Å². The van der Waals surface area contributed by atoms with Gasteiger partial charge < -0.3 is 14.8 Å². The van der Waals surface area contributed by atoms with Gasteiger partial charge in [-0.2, -0.15) is 0 Å². The van der Waals surface area contributed by atoms with Crippen molar-refractivity contribution in [2.45, 2.75) is 71.1 Å². The van der Waals surface area contributed by atoms with Gasteiger partial charge in [0.25, 0.3) is 0 Å². The molecule has 0 radical (unpaired) electrons. The normalized spacial score (nSPS) is 34.2. The summed E-state index contributed by atoms with van der Waals surface area (Å²) >= 11 is 0. The van der Waals surface area contributed by atoms with Crippen molar-refractivity contribution in [2.24, 2.45) is 17.8 Å². The van der Waals surface area contributed by atoms with E-state index in [0.717, 1.165) is 30.6 Å². The van der Waals surface area contributed by atoms with Crippen molar-refractivity contribution in [3.05, 3.63) is 29.8 Å². The SMILES string of the molecule is COc1cccc([C@H]2C[C@](C)(NC(=O)C(C)C)[C@@H]3CC[C@@H](C)C[C@H]3O2)c1. The number of hydrogen-bond acceptors (Lipinski definition) is 3. The van der Waals surface area contributed by atoms with Gasteiger partial charge in [0.2, 0.25) is 5.91 Å². The molecule has 1 saturated heterocycles. The van der Waals surface area contributed by atoms with Crippen molar-refractivity contribution in [2.75, 3.05) is 7.11 Å². The van der Waals surface area contributed by atoms with E-state index in [-0.39, 0.29) is 29.6 Å². The highest BCUT2D eigenvalue weighted by Crippen LogP contribution is 2.48. The Morgan fingerprint density at radius 1 is 1.35 bits per heavy atom. The summed E-state index contributed by atoms with van der Waals surface area (Å²) in [4.78, 5) is 12.5. The molecule has 5 atom stereocenters. The molecular formula is C22H33NO3. The summed E-state index contributed by atoms with van der Waals surface area (Å²) in [6.45, 7) is 8.44. The quantitative estimate of drug-likeness (QED) is 0.861. The van der Waals surface area contributed by atoms with Crippen molar-refractivity contribution in [1.29, 1.82) is 0 Å². The Labute approximate surface area is 157 Å². The monoisotopic (exact) mass is 359 g/mol. The Kier molecular flexibility index (Phi) is 5.61. The largest absolute Gasteiger partial charge is 0.497 e. The highest BCUT2D eigenvalue weighted by Gasteiger charge is 2.49. The lowest BCUT2D eigenvalue weighted by Gasteiger charge is -2.52. The summed E-state index contributed by atoms with van der Waals surface area (Å²) in [5.74, 6) is 2.02. The predicted molar refractivity (Wildman–Crippen MR) is 103 cm³/mol. The van der Waals surface area contributed by atoms with Crippen LogP contribution in [0, 0.1) is 17.8 Å². The molecule has 1 saturated carbocycles. The summed E-state index contributed by atoms with van der Waals surface area (Å²) in [5.41, 5.74) is 0.893. The molecule has 1 aromatic carbocycles. The molecule has 4 heteroatoms. The third-order valence-corrected chi connectivity index (χ3v) is 6.22. The Bertz CT molecular complexity index is 644. The van der Waals surface area contributed by atoms with Crippen LogP contribution < -0.4 is 10.1 Å². The van der Waals surface area contributed by atoms with Crippen LogP contribution in [0.15, 0.2) is 24.3 Å². The molecule has 1 aliphatic heterocycles. The van der Waals surface area contributed by atoms with Crippen LogP contribution in [0.1, 0.15) is 65.0 Å². The summed E-state index contributed by atoms with van der Waals surface area (Å²) in [5, 5.41) is 3.39. The number of carbonyl (C=O) groups is 1. The van der Waals surface area contributed by atoms with Gasteiger partial charge in [-0.25, -0.2) is 0 Å². The van der Waals surface area contributed by atoms with Gasteiger partial charge >= 0.3 is 0 Å². The van der Waals surface area contributed by atoms with Crippen LogP contribution >= 0.6 is 0 Å². The van der Waals surface area contributed by atoms with Crippen LogP contribution in [0.2, 0.25) is 0 Å².